The first-order valence-corrected chi connectivity index (χ1v) is 8.57. The van der Waals surface area contributed by atoms with Gasteiger partial charge in [0, 0.05) is 10.7 Å². The lowest BCUT2D eigenvalue weighted by atomic mass is 9.91. The molecule has 1 heterocycles. The van der Waals surface area contributed by atoms with E-state index in [4.69, 9.17) is 15.4 Å². The highest BCUT2D eigenvalue weighted by Crippen LogP contribution is 2.41. The first kappa shape index (κ1) is 12.7. The van der Waals surface area contributed by atoms with Crippen LogP contribution in [0.25, 0.3) is 0 Å². The minimum Gasteiger partial charge on any atom is -0.371 e. The van der Waals surface area contributed by atoms with Crippen molar-refractivity contribution in [3.63, 3.8) is 0 Å². The van der Waals surface area contributed by atoms with Crippen molar-refractivity contribution in [1.82, 2.24) is 0 Å². The molecule has 94 valence electrons. The number of ether oxygens (including phenoxy) is 1. The van der Waals surface area contributed by atoms with Crippen LogP contribution in [0.2, 0.25) is 0 Å². The largest absolute Gasteiger partial charge is 0.371 e. The van der Waals surface area contributed by atoms with Crippen LogP contribution in [0.15, 0.2) is 0 Å². The average molecular weight is 267 g/mol. The Labute approximate surface area is 102 Å². The van der Waals surface area contributed by atoms with Crippen molar-refractivity contribution in [3.05, 3.63) is 0 Å². The molecule has 2 fully saturated rings. The van der Waals surface area contributed by atoms with Gasteiger partial charge < -0.3 is 4.74 Å². The molecule has 2 rings (SSSR count). The Hall–Kier alpha value is 0.200. The summed E-state index contributed by atoms with van der Waals surface area (Å²) < 4.78 is 28.0. The van der Waals surface area contributed by atoms with E-state index < -0.39 is 9.05 Å². The molecule has 0 aromatic carbocycles. The molecule has 16 heavy (non-hydrogen) atoms. The zero-order valence-corrected chi connectivity index (χ0v) is 11.0. The fourth-order valence-electron chi connectivity index (χ4n) is 2.98. The minimum absolute atomic E-state index is 0.0251. The number of hydrogen-bond acceptors (Lipinski definition) is 3. The van der Waals surface area contributed by atoms with Gasteiger partial charge in [0.15, 0.2) is 0 Å². The number of halogens is 1. The predicted octanol–water partition coefficient (Wildman–Crippen LogP) is 2.83. The van der Waals surface area contributed by atoms with E-state index in [0.29, 0.717) is 0 Å². The molecule has 0 N–H and O–H groups in total. The molecular weight excluding hydrogens is 248 g/mol. The van der Waals surface area contributed by atoms with Crippen LogP contribution in [0.4, 0.5) is 0 Å². The second-order valence-corrected chi connectivity index (χ2v) is 7.90. The van der Waals surface area contributed by atoms with Crippen LogP contribution in [0.5, 0.6) is 0 Å². The van der Waals surface area contributed by atoms with Gasteiger partial charge in [-0.25, -0.2) is 8.42 Å². The maximum atomic E-state index is 11.0. The summed E-state index contributed by atoms with van der Waals surface area (Å²) in [5.41, 5.74) is -0.0251. The standard InChI is InChI=1S/C11H19ClO3S/c12-16(13,14)9-10-5-8-11(15-10)6-3-1-2-4-7-11/h10H,1-9H2. The van der Waals surface area contributed by atoms with E-state index in [2.05, 4.69) is 0 Å². The first-order valence-electron chi connectivity index (χ1n) is 6.09. The summed E-state index contributed by atoms with van der Waals surface area (Å²) in [6.45, 7) is 0. The lowest BCUT2D eigenvalue weighted by Gasteiger charge is -2.27. The van der Waals surface area contributed by atoms with Crippen molar-refractivity contribution >= 4 is 19.7 Å². The maximum Gasteiger partial charge on any atom is 0.235 e. The van der Waals surface area contributed by atoms with Gasteiger partial charge >= 0.3 is 0 Å². The van der Waals surface area contributed by atoms with Gasteiger partial charge in [-0.05, 0) is 25.7 Å². The van der Waals surface area contributed by atoms with Crippen LogP contribution in [0.1, 0.15) is 51.4 Å². The molecule has 0 radical (unpaired) electrons. The normalized spacial score (nSPS) is 30.4. The van der Waals surface area contributed by atoms with Gasteiger partial charge in [0.25, 0.3) is 0 Å². The summed E-state index contributed by atoms with van der Waals surface area (Å²) in [6, 6.07) is 0. The van der Waals surface area contributed by atoms with Crippen molar-refractivity contribution in [2.75, 3.05) is 5.75 Å². The maximum absolute atomic E-state index is 11.0. The third-order valence-corrected chi connectivity index (χ3v) is 4.89. The highest BCUT2D eigenvalue weighted by Gasteiger charge is 2.41. The molecule has 1 saturated heterocycles. The van der Waals surface area contributed by atoms with Gasteiger partial charge in [-0.2, -0.15) is 0 Å². The van der Waals surface area contributed by atoms with Gasteiger partial charge in [-0.15, -0.1) is 0 Å². The Morgan fingerprint density at radius 2 is 1.75 bits per heavy atom. The molecule has 1 spiro atoms. The van der Waals surface area contributed by atoms with Crippen molar-refractivity contribution in [3.8, 4) is 0 Å². The van der Waals surface area contributed by atoms with E-state index in [-0.39, 0.29) is 17.5 Å². The second kappa shape index (κ2) is 4.83. The van der Waals surface area contributed by atoms with Crippen molar-refractivity contribution in [2.45, 2.75) is 63.1 Å². The Bertz CT molecular complexity index is 331. The zero-order chi connectivity index (χ0) is 11.6. The molecule has 0 aromatic rings. The Morgan fingerprint density at radius 3 is 2.31 bits per heavy atom. The monoisotopic (exact) mass is 266 g/mol. The Morgan fingerprint density at radius 1 is 1.12 bits per heavy atom. The van der Waals surface area contributed by atoms with Gasteiger partial charge in [-0.1, -0.05) is 25.7 Å². The van der Waals surface area contributed by atoms with E-state index in [9.17, 15) is 8.42 Å². The molecule has 1 aliphatic heterocycles. The van der Waals surface area contributed by atoms with E-state index >= 15 is 0 Å². The molecule has 1 saturated carbocycles. The van der Waals surface area contributed by atoms with Gasteiger partial charge in [0.1, 0.15) is 0 Å². The van der Waals surface area contributed by atoms with Crippen molar-refractivity contribution < 1.29 is 13.2 Å². The van der Waals surface area contributed by atoms with Crippen LogP contribution >= 0.6 is 10.7 Å². The highest BCUT2D eigenvalue weighted by molar-refractivity contribution is 8.13. The van der Waals surface area contributed by atoms with Gasteiger partial charge in [0.2, 0.25) is 9.05 Å². The summed E-state index contributed by atoms with van der Waals surface area (Å²) in [7, 11) is 1.84. The number of hydrogen-bond donors (Lipinski definition) is 0. The fourth-order valence-corrected chi connectivity index (χ4v) is 4.08. The summed E-state index contributed by atoms with van der Waals surface area (Å²) in [6.07, 6.45) is 8.82. The van der Waals surface area contributed by atoms with Crippen LogP contribution in [-0.4, -0.2) is 25.9 Å². The predicted molar refractivity (Wildman–Crippen MR) is 64.2 cm³/mol. The summed E-state index contributed by atoms with van der Waals surface area (Å²) in [5, 5.41) is 0. The molecule has 3 nitrogen and oxygen atoms in total. The lowest BCUT2D eigenvalue weighted by molar-refractivity contribution is -0.0424. The Kier molecular flexibility index (Phi) is 3.82. The zero-order valence-electron chi connectivity index (χ0n) is 9.45. The van der Waals surface area contributed by atoms with E-state index in [0.717, 1.165) is 25.7 Å². The summed E-state index contributed by atoms with van der Waals surface area (Å²) >= 11 is 0. The van der Waals surface area contributed by atoms with Crippen LogP contribution < -0.4 is 0 Å². The van der Waals surface area contributed by atoms with E-state index in [1.807, 2.05) is 0 Å². The van der Waals surface area contributed by atoms with Crippen LogP contribution in [0.3, 0.4) is 0 Å². The third-order valence-electron chi connectivity index (χ3n) is 3.74. The van der Waals surface area contributed by atoms with Gasteiger partial charge in [0.05, 0.1) is 17.5 Å². The van der Waals surface area contributed by atoms with Crippen LogP contribution in [-0.2, 0) is 13.8 Å². The molecule has 1 atom stereocenters. The number of rotatable bonds is 2. The first-order chi connectivity index (χ1) is 7.49. The van der Waals surface area contributed by atoms with Crippen LogP contribution in [0, 0.1) is 0 Å². The molecule has 2 aliphatic rings. The molecule has 5 heteroatoms. The lowest BCUT2D eigenvalue weighted by Crippen LogP contribution is -2.30. The molecule has 1 aliphatic carbocycles. The average Bonchev–Trinajstić information content (AvgIpc) is 2.41. The molecule has 0 bridgehead atoms. The molecule has 0 aromatic heterocycles. The van der Waals surface area contributed by atoms with E-state index in [1.165, 1.54) is 25.7 Å². The fraction of sp³-hybridized carbons (Fsp3) is 1.00. The molecular formula is C11H19ClO3S. The quantitative estimate of drug-likeness (QED) is 0.722. The molecule has 0 amide bonds. The summed E-state index contributed by atoms with van der Waals surface area (Å²) in [5.74, 6) is -0.0314. The smallest absolute Gasteiger partial charge is 0.235 e. The highest BCUT2D eigenvalue weighted by atomic mass is 35.7. The van der Waals surface area contributed by atoms with E-state index in [1.54, 1.807) is 0 Å². The second-order valence-electron chi connectivity index (χ2n) is 5.08. The third kappa shape index (κ3) is 3.34. The topological polar surface area (TPSA) is 43.4 Å². The summed E-state index contributed by atoms with van der Waals surface area (Å²) in [4.78, 5) is 0. The Balaban J connectivity index is 1.95. The van der Waals surface area contributed by atoms with Gasteiger partial charge in [-0.3, -0.25) is 0 Å². The van der Waals surface area contributed by atoms with Crippen molar-refractivity contribution in [1.29, 1.82) is 0 Å². The minimum atomic E-state index is -3.42. The SMILES string of the molecule is O=S(=O)(Cl)CC1CCC2(CCCCCC2)O1. The molecule has 1 unspecified atom stereocenters. The van der Waals surface area contributed by atoms with Crippen molar-refractivity contribution in [2.24, 2.45) is 0 Å².